The van der Waals surface area contributed by atoms with E-state index in [1.54, 1.807) is 0 Å². The third-order valence-corrected chi connectivity index (χ3v) is 3.27. The van der Waals surface area contributed by atoms with Gasteiger partial charge in [0.1, 0.15) is 0 Å². The molecule has 4 heteroatoms. The predicted molar refractivity (Wildman–Crippen MR) is 72.1 cm³/mol. The van der Waals surface area contributed by atoms with Crippen LogP contribution in [0.5, 0.6) is 0 Å². The van der Waals surface area contributed by atoms with Gasteiger partial charge in [0.05, 0.1) is 0 Å². The van der Waals surface area contributed by atoms with Crippen LogP contribution in [-0.2, 0) is 9.59 Å². The Labute approximate surface area is 110 Å². The van der Waals surface area contributed by atoms with Crippen LogP contribution < -0.4 is 10.6 Å². The molecular weight excluding hydrogens is 228 g/mol. The molecule has 0 aromatic heterocycles. The molecule has 1 fully saturated rings. The molecule has 0 aromatic rings. The molecule has 18 heavy (non-hydrogen) atoms. The molecule has 0 atom stereocenters. The largest absolute Gasteiger partial charge is 0.356 e. The summed E-state index contributed by atoms with van der Waals surface area (Å²) < 4.78 is 0. The van der Waals surface area contributed by atoms with Gasteiger partial charge in [0.2, 0.25) is 11.8 Å². The molecule has 2 amide bonds. The minimum absolute atomic E-state index is 0.0405. The molecule has 0 radical (unpaired) electrons. The van der Waals surface area contributed by atoms with E-state index < -0.39 is 0 Å². The van der Waals surface area contributed by atoms with E-state index in [1.165, 1.54) is 12.8 Å². The highest BCUT2D eigenvalue weighted by molar-refractivity contribution is 5.81. The zero-order valence-electron chi connectivity index (χ0n) is 11.8. The summed E-state index contributed by atoms with van der Waals surface area (Å²) in [7, 11) is 0. The Hall–Kier alpha value is -1.06. The normalized spacial score (nSPS) is 16.6. The molecule has 2 N–H and O–H groups in total. The van der Waals surface area contributed by atoms with Crippen LogP contribution in [0.2, 0.25) is 0 Å². The zero-order valence-corrected chi connectivity index (χ0v) is 11.8. The minimum Gasteiger partial charge on any atom is -0.356 e. The first-order valence-corrected chi connectivity index (χ1v) is 6.97. The Bertz CT molecular complexity index is 289. The minimum atomic E-state index is -0.355. The third kappa shape index (κ3) is 5.52. The SMILES string of the molecule is CC(C)(C)C(=O)NCCCC(=O)NC1CCCC1. The highest BCUT2D eigenvalue weighted by atomic mass is 16.2. The summed E-state index contributed by atoms with van der Waals surface area (Å²) in [4.78, 5) is 23.2. The Morgan fingerprint density at radius 3 is 2.33 bits per heavy atom. The molecule has 0 aromatic carbocycles. The van der Waals surface area contributed by atoms with Gasteiger partial charge in [-0.3, -0.25) is 9.59 Å². The van der Waals surface area contributed by atoms with E-state index in [0.29, 0.717) is 25.4 Å². The number of amides is 2. The lowest BCUT2D eigenvalue weighted by molar-refractivity contribution is -0.128. The number of carbonyl (C=O) groups excluding carboxylic acids is 2. The number of rotatable bonds is 5. The number of carbonyl (C=O) groups is 2. The lowest BCUT2D eigenvalue weighted by Gasteiger charge is -2.17. The average molecular weight is 254 g/mol. The van der Waals surface area contributed by atoms with E-state index in [4.69, 9.17) is 0 Å². The van der Waals surface area contributed by atoms with Crippen molar-refractivity contribution in [2.75, 3.05) is 6.54 Å². The molecule has 0 saturated heterocycles. The molecule has 0 unspecified atom stereocenters. The highest BCUT2D eigenvalue weighted by Crippen LogP contribution is 2.17. The van der Waals surface area contributed by atoms with Gasteiger partial charge >= 0.3 is 0 Å². The van der Waals surface area contributed by atoms with Crippen molar-refractivity contribution in [3.8, 4) is 0 Å². The monoisotopic (exact) mass is 254 g/mol. The summed E-state index contributed by atoms with van der Waals surface area (Å²) in [6, 6.07) is 0.390. The van der Waals surface area contributed by atoms with Crippen molar-refractivity contribution in [2.24, 2.45) is 5.41 Å². The third-order valence-electron chi connectivity index (χ3n) is 3.27. The summed E-state index contributed by atoms with van der Waals surface area (Å²) >= 11 is 0. The first kappa shape index (κ1) is 15.0. The fourth-order valence-electron chi connectivity index (χ4n) is 2.09. The van der Waals surface area contributed by atoms with Crippen LogP contribution in [0.25, 0.3) is 0 Å². The maximum Gasteiger partial charge on any atom is 0.225 e. The second kappa shape index (κ2) is 6.76. The molecule has 1 aliphatic carbocycles. The topological polar surface area (TPSA) is 58.2 Å². The van der Waals surface area contributed by atoms with E-state index in [9.17, 15) is 9.59 Å². The van der Waals surface area contributed by atoms with Crippen molar-refractivity contribution in [2.45, 2.75) is 65.3 Å². The Morgan fingerprint density at radius 1 is 1.17 bits per heavy atom. The lowest BCUT2D eigenvalue weighted by atomic mass is 9.96. The van der Waals surface area contributed by atoms with Gasteiger partial charge in [-0.2, -0.15) is 0 Å². The molecule has 1 saturated carbocycles. The van der Waals surface area contributed by atoms with Gasteiger partial charge in [-0.15, -0.1) is 0 Å². The zero-order chi connectivity index (χ0) is 13.6. The fourth-order valence-corrected chi connectivity index (χ4v) is 2.09. The van der Waals surface area contributed by atoms with Crippen molar-refractivity contribution >= 4 is 11.8 Å². The van der Waals surface area contributed by atoms with Crippen molar-refractivity contribution < 1.29 is 9.59 Å². The van der Waals surface area contributed by atoms with E-state index in [1.807, 2.05) is 20.8 Å². The quantitative estimate of drug-likeness (QED) is 0.737. The first-order chi connectivity index (χ1) is 8.39. The maximum atomic E-state index is 11.6. The van der Waals surface area contributed by atoms with Gasteiger partial charge in [0.25, 0.3) is 0 Å². The number of hydrogen-bond donors (Lipinski definition) is 2. The summed E-state index contributed by atoms with van der Waals surface area (Å²) in [6.45, 7) is 6.23. The molecule has 0 aliphatic heterocycles. The standard InChI is InChI=1S/C14H26N2O2/c1-14(2,3)13(18)15-10-6-9-12(17)16-11-7-4-5-8-11/h11H,4-10H2,1-3H3,(H,15,18)(H,16,17). The van der Waals surface area contributed by atoms with Crippen LogP contribution >= 0.6 is 0 Å². The summed E-state index contributed by atoms with van der Waals surface area (Å²) in [5, 5.41) is 5.90. The van der Waals surface area contributed by atoms with Gasteiger partial charge in [-0.05, 0) is 19.3 Å². The van der Waals surface area contributed by atoms with Crippen molar-refractivity contribution in [3.05, 3.63) is 0 Å². The molecule has 104 valence electrons. The van der Waals surface area contributed by atoms with Crippen molar-refractivity contribution in [1.82, 2.24) is 10.6 Å². The van der Waals surface area contributed by atoms with E-state index in [0.717, 1.165) is 12.8 Å². The van der Waals surface area contributed by atoms with Crippen LogP contribution in [-0.4, -0.2) is 24.4 Å². The van der Waals surface area contributed by atoms with E-state index in [2.05, 4.69) is 10.6 Å². The molecule has 4 nitrogen and oxygen atoms in total. The predicted octanol–water partition coefficient (Wildman–Crippen LogP) is 1.99. The van der Waals surface area contributed by atoms with E-state index in [-0.39, 0.29) is 17.2 Å². The van der Waals surface area contributed by atoms with Crippen LogP contribution in [0.3, 0.4) is 0 Å². The second-order valence-electron chi connectivity index (χ2n) is 6.16. The van der Waals surface area contributed by atoms with Crippen molar-refractivity contribution in [3.63, 3.8) is 0 Å². The molecule has 1 rings (SSSR count). The maximum absolute atomic E-state index is 11.6. The van der Waals surface area contributed by atoms with Crippen LogP contribution in [0.15, 0.2) is 0 Å². The number of hydrogen-bond acceptors (Lipinski definition) is 2. The second-order valence-corrected chi connectivity index (χ2v) is 6.16. The van der Waals surface area contributed by atoms with Crippen LogP contribution in [0, 0.1) is 5.41 Å². The van der Waals surface area contributed by atoms with Crippen LogP contribution in [0.4, 0.5) is 0 Å². The Morgan fingerprint density at radius 2 is 1.78 bits per heavy atom. The lowest BCUT2D eigenvalue weighted by Crippen LogP contribution is -2.36. The van der Waals surface area contributed by atoms with Gasteiger partial charge in [-0.25, -0.2) is 0 Å². The highest BCUT2D eigenvalue weighted by Gasteiger charge is 2.20. The molecule has 0 spiro atoms. The molecule has 0 heterocycles. The number of nitrogens with one attached hydrogen (secondary N) is 2. The molecule has 1 aliphatic rings. The molecular formula is C14H26N2O2. The van der Waals surface area contributed by atoms with Crippen LogP contribution in [0.1, 0.15) is 59.3 Å². The summed E-state index contributed by atoms with van der Waals surface area (Å²) in [5.41, 5.74) is -0.355. The van der Waals surface area contributed by atoms with Gasteiger partial charge in [0.15, 0.2) is 0 Å². The average Bonchev–Trinajstić information content (AvgIpc) is 2.75. The Balaban J connectivity index is 2.07. The molecule has 0 bridgehead atoms. The van der Waals surface area contributed by atoms with Gasteiger partial charge in [0, 0.05) is 24.4 Å². The van der Waals surface area contributed by atoms with Gasteiger partial charge in [-0.1, -0.05) is 33.6 Å². The Kier molecular flexibility index (Phi) is 5.63. The fraction of sp³-hybridized carbons (Fsp3) is 0.857. The first-order valence-electron chi connectivity index (χ1n) is 6.97. The summed E-state index contributed by atoms with van der Waals surface area (Å²) in [6.07, 6.45) is 5.90. The summed E-state index contributed by atoms with van der Waals surface area (Å²) in [5.74, 6) is 0.158. The van der Waals surface area contributed by atoms with Crippen molar-refractivity contribution in [1.29, 1.82) is 0 Å². The smallest absolute Gasteiger partial charge is 0.225 e. The van der Waals surface area contributed by atoms with E-state index >= 15 is 0 Å². The van der Waals surface area contributed by atoms with Gasteiger partial charge < -0.3 is 10.6 Å².